The number of hydrogen-bond donors (Lipinski definition) is 0. The predicted octanol–water partition coefficient (Wildman–Crippen LogP) is 5.21. The minimum Gasteiger partial charge on any atom is -0.288 e. The van der Waals surface area contributed by atoms with Crippen LogP contribution in [0.25, 0.3) is 0 Å². The second-order valence-electron chi connectivity index (χ2n) is 4.31. The molecule has 0 atom stereocenters. The van der Waals surface area contributed by atoms with Gasteiger partial charge in [-0.3, -0.25) is 4.79 Å². The first-order chi connectivity index (χ1) is 8.41. The number of rotatable bonds is 2. The Balaban J connectivity index is 2.53. The van der Waals surface area contributed by atoms with Crippen molar-refractivity contribution in [3.05, 3.63) is 54.7 Å². The summed E-state index contributed by atoms with van der Waals surface area (Å²) in [5, 5.41) is 3.13. The second kappa shape index (κ2) is 5.04. The van der Waals surface area contributed by atoms with E-state index in [4.69, 9.17) is 23.2 Å². The third-order valence-electron chi connectivity index (χ3n) is 2.86. The average Bonchev–Trinajstić information content (AvgIpc) is 2.64. The van der Waals surface area contributed by atoms with Crippen molar-refractivity contribution in [1.29, 1.82) is 0 Å². The molecule has 0 spiro atoms. The van der Waals surface area contributed by atoms with Gasteiger partial charge in [0.25, 0.3) is 0 Å². The molecular weight excluding hydrogens is 287 g/mol. The van der Waals surface area contributed by atoms with Crippen LogP contribution in [0, 0.1) is 20.8 Å². The highest BCUT2D eigenvalue weighted by molar-refractivity contribution is 7.13. The summed E-state index contributed by atoms with van der Waals surface area (Å²) < 4.78 is 0. The lowest BCUT2D eigenvalue weighted by molar-refractivity contribution is 0.104. The van der Waals surface area contributed by atoms with Gasteiger partial charge in [-0.2, -0.15) is 0 Å². The highest BCUT2D eigenvalue weighted by atomic mass is 35.5. The van der Waals surface area contributed by atoms with Gasteiger partial charge in [0.05, 0.1) is 9.90 Å². The molecule has 0 unspecified atom stereocenters. The number of aryl methyl sites for hydroxylation is 3. The van der Waals surface area contributed by atoms with Crippen molar-refractivity contribution in [2.24, 2.45) is 0 Å². The quantitative estimate of drug-likeness (QED) is 0.696. The monoisotopic (exact) mass is 298 g/mol. The second-order valence-corrected chi connectivity index (χ2v) is 5.97. The highest BCUT2D eigenvalue weighted by Gasteiger charge is 2.19. The van der Waals surface area contributed by atoms with Crippen molar-refractivity contribution in [1.82, 2.24) is 0 Å². The molecule has 1 aromatic carbocycles. The largest absolute Gasteiger partial charge is 0.288 e. The maximum atomic E-state index is 12.4. The van der Waals surface area contributed by atoms with Gasteiger partial charge in [-0.25, -0.2) is 0 Å². The van der Waals surface area contributed by atoms with Crippen LogP contribution in [0.4, 0.5) is 0 Å². The molecule has 0 aliphatic heterocycles. The molecule has 0 saturated carbocycles. The maximum Gasteiger partial charge on any atom is 0.204 e. The zero-order valence-electron chi connectivity index (χ0n) is 10.3. The number of benzene rings is 1. The maximum absolute atomic E-state index is 12.4. The van der Waals surface area contributed by atoms with Crippen LogP contribution in [0.3, 0.4) is 0 Å². The van der Waals surface area contributed by atoms with Gasteiger partial charge in [-0.05, 0) is 55.0 Å². The van der Waals surface area contributed by atoms with E-state index >= 15 is 0 Å². The molecule has 0 saturated heterocycles. The Morgan fingerprint density at radius 3 is 2.28 bits per heavy atom. The van der Waals surface area contributed by atoms with Crippen LogP contribution >= 0.6 is 34.5 Å². The number of carbonyl (C=O) groups is 1. The van der Waals surface area contributed by atoms with E-state index in [9.17, 15) is 4.79 Å². The Bertz CT molecular complexity index is 629. The minimum atomic E-state index is -0.0321. The summed E-state index contributed by atoms with van der Waals surface area (Å²) in [7, 11) is 0. The lowest BCUT2D eigenvalue weighted by Gasteiger charge is -2.07. The number of hydrogen-bond acceptors (Lipinski definition) is 2. The van der Waals surface area contributed by atoms with E-state index < -0.39 is 0 Å². The Morgan fingerprint density at radius 2 is 1.72 bits per heavy atom. The van der Waals surface area contributed by atoms with Crippen molar-refractivity contribution < 1.29 is 4.79 Å². The van der Waals surface area contributed by atoms with Gasteiger partial charge >= 0.3 is 0 Å². The molecule has 18 heavy (non-hydrogen) atoms. The fourth-order valence-corrected chi connectivity index (χ4v) is 3.18. The molecule has 0 bridgehead atoms. The van der Waals surface area contributed by atoms with Gasteiger partial charge in [0.1, 0.15) is 0 Å². The molecular formula is C14H12Cl2OS. The summed E-state index contributed by atoms with van der Waals surface area (Å²) in [5.74, 6) is -0.0321. The fraction of sp³-hybridized carbons (Fsp3) is 0.214. The summed E-state index contributed by atoms with van der Waals surface area (Å²) in [5.41, 5.74) is 3.38. The Labute approximate surface area is 120 Å². The normalized spacial score (nSPS) is 10.7. The molecule has 0 aliphatic rings. The molecule has 0 fully saturated rings. The van der Waals surface area contributed by atoms with Crippen molar-refractivity contribution >= 4 is 40.3 Å². The molecule has 1 heterocycles. The topological polar surface area (TPSA) is 17.1 Å². The molecule has 0 amide bonds. The van der Waals surface area contributed by atoms with Crippen molar-refractivity contribution in [2.45, 2.75) is 20.8 Å². The molecule has 2 rings (SSSR count). The van der Waals surface area contributed by atoms with Crippen LogP contribution in [0.15, 0.2) is 17.5 Å². The zero-order valence-corrected chi connectivity index (χ0v) is 12.6. The Morgan fingerprint density at radius 1 is 1.06 bits per heavy atom. The van der Waals surface area contributed by atoms with E-state index in [1.54, 1.807) is 0 Å². The summed E-state index contributed by atoms with van der Waals surface area (Å²) >= 11 is 13.6. The first-order valence-corrected chi connectivity index (χ1v) is 7.10. The smallest absolute Gasteiger partial charge is 0.204 e. The van der Waals surface area contributed by atoms with Crippen molar-refractivity contribution in [3.8, 4) is 0 Å². The van der Waals surface area contributed by atoms with Crippen LogP contribution in [0.1, 0.15) is 31.9 Å². The summed E-state index contributed by atoms with van der Waals surface area (Å²) in [6.07, 6.45) is 0. The lowest BCUT2D eigenvalue weighted by Crippen LogP contribution is -2.03. The molecule has 2 aromatic rings. The summed E-state index contributed by atoms with van der Waals surface area (Å²) in [4.78, 5) is 13.0. The van der Waals surface area contributed by atoms with E-state index in [1.807, 2.05) is 38.3 Å². The average molecular weight is 299 g/mol. The van der Waals surface area contributed by atoms with Crippen LogP contribution < -0.4 is 0 Å². The van der Waals surface area contributed by atoms with Gasteiger partial charge in [-0.15, -0.1) is 11.3 Å². The summed E-state index contributed by atoms with van der Waals surface area (Å²) in [6.45, 7) is 5.67. The van der Waals surface area contributed by atoms with Gasteiger partial charge in [0.15, 0.2) is 0 Å². The van der Waals surface area contributed by atoms with Gasteiger partial charge in [-0.1, -0.05) is 23.2 Å². The van der Waals surface area contributed by atoms with E-state index in [0.29, 0.717) is 20.5 Å². The molecule has 0 radical (unpaired) electrons. The zero-order chi connectivity index (χ0) is 13.4. The van der Waals surface area contributed by atoms with E-state index in [0.717, 1.165) is 16.7 Å². The lowest BCUT2D eigenvalue weighted by atomic mass is 10.0. The van der Waals surface area contributed by atoms with Crippen molar-refractivity contribution in [3.63, 3.8) is 0 Å². The van der Waals surface area contributed by atoms with Gasteiger partial charge < -0.3 is 0 Å². The van der Waals surface area contributed by atoms with Crippen LogP contribution in [-0.4, -0.2) is 5.78 Å². The molecule has 4 heteroatoms. The van der Waals surface area contributed by atoms with Gasteiger partial charge in [0, 0.05) is 10.6 Å². The first-order valence-electron chi connectivity index (χ1n) is 5.47. The Hall–Kier alpha value is -0.830. The number of halogens is 2. The fourth-order valence-electron chi connectivity index (χ4n) is 1.73. The number of ketones is 1. The van der Waals surface area contributed by atoms with Crippen LogP contribution in [-0.2, 0) is 0 Å². The summed E-state index contributed by atoms with van der Waals surface area (Å²) in [6, 6.07) is 3.64. The highest BCUT2D eigenvalue weighted by Crippen LogP contribution is 2.31. The number of thiophene rings is 1. The minimum absolute atomic E-state index is 0.0321. The molecule has 1 aromatic heterocycles. The molecule has 0 aliphatic carbocycles. The third kappa shape index (κ3) is 2.33. The molecule has 1 nitrogen and oxygen atoms in total. The molecule has 94 valence electrons. The van der Waals surface area contributed by atoms with Crippen molar-refractivity contribution in [2.75, 3.05) is 0 Å². The first kappa shape index (κ1) is 13.6. The molecule has 0 N–H and O–H groups in total. The number of carbonyl (C=O) groups excluding carboxylic acids is 1. The van der Waals surface area contributed by atoms with E-state index in [1.165, 1.54) is 11.3 Å². The third-order valence-corrected chi connectivity index (χ3v) is 4.96. The van der Waals surface area contributed by atoms with E-state index in [2.05, 4.69) is 0 Å². The van der Waals surface area contributed by atoms with Crippen LogP contribution in [0.2, 0.25) is 10.0 Å². The van der Waals surface area contributed by atoms with Crippen LogP contribution in [0.5, 0.6) is 0 Å². The predicted molar refractivity (Wildman–Crippen MR) is 78.4 cm³/mol. The SMILES string of the molecule is Cc1cc(C(=O)c2scc(C)c2Cl)c(C)cc1Cl. The standard InChI is InChI=1S/C14H12Cl2OS/c1-7-5-11(15)8(2)4-10(7)13(17)14-12(16)9(3)6-18-14/h4-6H,1-3H3. The van der Waals surface area contributed by atoms with Gasteiger partial charge in [0.2, 0.25) is 5.78 Å². The van der Waals surface area contributed by atoms with E-state index in [-0.39, 0.29) is 5.78 Å². The Kier molecular flexibility index (Phi) is 3.81.